The first-order valence-electron chi connectivity index (χ1n) is 22.1. The third-order valence-corrected chi connectivity index (χ3v) is 12.6. The molecule has 5 atom stereocenters. The van der Waals surface area contributed by atoms with Gasteiger partial charge in [-0.15, -0.1) is 0 Å². The maximum Gasteiger partial charge on any atom is 0.0702 e. The minimum Gasteiger partial charge on any atom is -0.376 e. The van der Waals surface area contributed by atoms with Gasteiger partial charge < -0.3 is 24.3 Å². The van der Waals surface area contributed by atoms with Crippen molar-refractivity contribution in [3.05, 3.63) is 0 Å². The van der Waals surface area contributed by atoms with E-state index in [9.17, 15) is 0 Å². The third kappa shape index (κ3) is 20.3. The number of likely N-dealkylation sites (tertiary alicyclic amines) is 2. The summed E-state index contributed by atoms with van der Waals surface area (Å²) in [5.41, 5.74) is 0. The van der Waals surface area contributed by atoms with E-state index < -0.39 is 0 Å². The van der Waals surface area contributed by atoms with E-state index in [-0.39, 0.29) is 0 Å². The van der Waals surface area contributed by atoms with Gasteiger partial charge in [-0.1, -0.05) is 81.1 Å². The highest BCUT2D eigenvalue weighted by Gasteiger charge is 2.37. The van der Waals surface area contributed by atoms with Gasteiger partial charge in [0.05, 0.1) is 12.7 Å². The van der Waals surface area contributed by atoms with Crippen LogP contribution in [0.15, 0.2) is 0 Å². The normalized spacial score (nSPS) is 29.8. The Kier molecular flexibility index (Phi) is 23.7. The van der Waals surface area contributed by atoms with Gasteiger partial charge in [0.2, 0.25) is 0 Å². The topological polar surface area (TPSA) is 22.2 Å². The molecular weight excluding hydrogens is 613 g/mol. The summed E-state index contributed by atoms with van der Waals surface area (Å²) in [7, 11) is 9.04. The zero-order chi connectivity index (χ0) is 37.1. The lowest BCUT2D eigenvalue weighted by atomic mass is 9.86. The molecule has 0 saturated carbocycles. The van der Waals surface area contributed by atoms with Gasteiger partial charge in [0.25, 0.3) is 0 Å². The minimum atomic E-state index is 0.492. The summed E-state index contributed by atoms with van der Waals surface area (Å²) < 4.78 is 5.66. The van der Waals surface area contributed by atoms with Crippen LogP contribution in [0.2, 0.25) is 0 Å². The average molecular weight is 705 g/mol. The summed E-state index contributed by atoms with van der Waals surface area (Å²) in [5.74, 6) is 5.50. The fraction of sp³-hybridized carbons (Fsp3) is 1.00. The van der Waals surface area contributed by atoms with E-state index in [2.05, 4.69) is 103 Å². The molecule has 5 aliphatic rings. The Morgan fingerprint density at radius 1 is 0.520 bits per heavy atom. The molecule has 5 saturated heterocycles. The molecule has 50 heavy (non-hydrogen) atoms. The van der Waals surface area contributed by atoms with Crippen molar-refractivity contribution in [3.8, 4) is 0 Å². The second-order valence-electron chi connectivity index (χ2n) is 19.4. The van der Waals surface area contributed by atoms with Gasteiger partial charge in [0, 0.05) is 37.8 Å². The molecule has 0 radical (unpaired) electrons. The molecule has 5 heterocycles. The van der Waals surface area contributed by atoms with Crippen LogP contribution in [0, 0.1) is 35.5 Å². The van der Waals surface area contributed by atoms with Crippen molar-refractivity contribution in [1.82, 2.24) is 19.6 Å². The summed E-state index contributed by atoms with van der Waals surface area (Å²) in [6.45, 7) is 25.6. The molecule has 0 aromatic carbocycles. The van der Waals surface area contributed by atoms with E-state index in [1.54, 1.807) is 0 Å². The second kappa shape index (κ2) is 25.8. The minimum absolute atomic E-state index is 0.492. The van der Waals surface area contributed by atoms with Crippen molar-refractivity contribution >= 4 is 0 Å². The molecule has 5 heteroatoms. The monoisotopic (exact) mass is 705 g/mol. The quantitative estimate of drug-likeness (QED) is 0.201. The molecule has 298 valence electrons. The number of rotatable bonds is 12. The largest absolute Gasteiger partial charge is 0.376 e. The number of ether oxygens (including phenoxy) is 1. The molecule has 0 N–H and O–H groups in total. The molecular formula is C45H92N4O. The Balaban J connectivity index is 0.000000232. The van der Waals surface area contributed by atoms with Crippen LogP contribution in [0.1, 0.15) is 165 Å². The lowest BCUT2D eigenvalue weighted by Gasteiger charge is -2.36. The van der Waals surface area contributed by atoms with Gasteiger partial charge in [-0.25, -0.2) is 0 Å². The maximum atomic E-state index is 5.66. The van der Waals surface area contributed by atoms with Crippen LogP contribution >= 0.6 is 0 Å². The molecule has 5 nitrogen and oxygen atoms in total. The zero-order valence-corrected chi connectivity index (χ0v) is 36.2. The van der Waals surface area contributed by atoms with Crippen LogP contribution in [0.25, 0.3) is 0 Å². The van der Waals surface area contributed by atoms with E-state index in [0.29, 0.717) is 6.10 Å². The van der Waals surface area contributed by atoms with Crippen LogP contribution in [0.5, 0.6) is 0 Å². The molecule has 5 unspecified atom stereocenters. The van der Waals surface area contributed by atoms with Crippen LogP contribution in [0.3, 0.4) is 0 Å². The Bertz CT molecular complexity index is 773. The number of piperidine rings is 3. The Morgan fingerprint density at radius 2 is 1.06 bits per heavy atom. The lowest BCUT2D eigenvalue weighted by Crippen LogP contribution is -2.39. The molecule has 0 aromatic rings. The molecule has 0 aliphatic carbocycles. The number of fused-ring (bicyclic) bond motifs is 2. The van der Waals surface area contributed by atoms with Crippen molar-refractivity contribution < 1.29 is 4.74 Å². The van der Waals surface area contributed by atoms with E-state index in [4.69, 9.17) is 4.74 Å². The molecule has 0 aromatic heterocycles. The first-order valence-corrected chi connectivity index (χ1v) is 22.1. The smallest absolute Gasteiger partial charge is 0.0702 e. The first kappa shape index (κ1) is 46.0. The SMILES string of the molecule is CC(C)CCC1CC2CCC(C1)N2C.CC(C)CCC1CCCCN1C.CC(C)CCC1CCCN(C)C1.CC(C)CCC1CN(C)CCO1. The van der Waals surface area contributed by atoms with Gasteiger partial charge >= 0.3 is 0 Å². The summed E-state index contributed by atoms with van der Waals surface area (Å²) in [4.78, 5) is 10.0. The van der Waals surface area contributed by atoms with Crippen molar-refractivity contribution in [2.24, 2.45) is 35.5 Å². The summed E-state index contributed by atoms with van der Waals surface area (Å²) in [6.07, 6.45) is 24.7. The van der Waals surface area contributed by atoms with Crippen LogP contribution in [-0.4, -0.2) is 111 Å². The van der Waals surface area contributed by atoms with Gasteiger partial charge in [0.15, 0.2) is 0 Å². The molecule has 2 bridgehead atoms. The first-order chi connectivity index (χ1) is 23.7. The fourth-order valence-corrected chi connectivity index (χ4v) is 9.00. The Labute approximate surface area is 315 Å². The summed E-state index contributed by atoms with van der Waals surface area (Å²) in [6, 6.07) is 2.76. The van der Waals surface area contributed by atoms with Gasteiger partial charge in [0.1, 0.15) is 0 Å². The van der Waals surface area contributed by atoms with Crippen molar-refractivity contribution in [3.63, 3.8) is 0 Å². The predicted octanol–water partition coefficient (Wildman–Crippen LogP) is 10.7. The number of morpholine rings is 1. The van der Waals surface area contributed by atoms with Crippen LogP contribution in [-0.2, 0) is 4.74 Å². The summed E-state index contributed by atoms with van der Waals surface area (Å²) in [5, 5.41) is 0. The highest BCUT2D eigenvalue weighted by molar-refractivity contribution is 4.93. The lowest BCUT2D eigenvalue weighted by molar-refractivity contribution is -0.0254. The van der Waals surface area contributed by atoms with Crippen LogP contribution < -0.4 is 0 Å². The number of hydrogen-bond donors (Lipinski definition) is 0. The van der Waals surface area contributed by atoms with E-state index >= 15 is 0 Å². The molecule has 5 fully saturated rings. The number of hydrogen-bond acceptors (Lipinski definition) is 5. The highest BCUT2D eigenvalue weighted by Crippen LogP contribution is 2.39. The molecule has 0 spiro atoms. The molecule has 5 rings (SSSR count). The average Bonchev–Trinajstić information content (AvgIpc) is 3.25. The van der Waals surface area contributed by atoms with Crippen LogP contribution in [0.4, 0.5) is 0 Å². The second-order valence-corrected chi connectivity index (χ2v) is 19.4. The Morgan fingerprint density at radius 3 is 1.60 bits per heavy atom. The van der Waals surface area contributed by atoms with Crippen molar-refractivity contribution in [2.45, 2.75) is 189 Å². The third-order valence-electron chi connectivity index (χ3n) is 12.6. The van der Waals surface area contributed by atoms with Gasteiger partial charge in [-0.3, -0.25) is 0 Å². The van der Waals surface area contributed by atoms with E-state index in [1.807, 2.05) is 0 Å². The molecule has 0 amide bonds. The predicted molar refractivity (Wildman–Crippen MR) is 221 cm³/mol. The summed E-state index contributed by atoms with van der Waals surface area (Å²) >= 11 is 0. The molecule has 5 aliphatic heterocycles. The standard InChI is InChI=1S/C13H25N.2C11H23N.C10H21NO/c1-10(2)4-5-11-8-12-6-7-13(9-11)14(12)3;1-10(2)6-7-11-5-4-8-12(3)9-11;1-10(2)7-8-11-6-4-5-9-12(11)3;1-9(2)4-5-10-8-11(3)6-7-12-10/h10-13H,4-9H2,1-3H3;2*10-11H,4-9H2,1-3H3;9-10H,4-8H2,1-3H3. The fourth-order valence-electron chi connectivity index (χ4n) is 9.00. The van der Waals surface area contributed by atoms with Crippen molar-refractivity contribution in [2.75, 3.05) is 67.5 Å². The Hall–Kier alpha value is -0.200. The van der Waals surface area contributed by atoms with Crippen molar-refractivity contribution in [1.29, 1.82) is 0 Å². The van der Waals surface area contributed by atoms with E-state index in [1.165, 1.54) is 129 Å². The highest BCUT2D eigenvalue weighted by atomic mass is 16.5. The number of nitrogens with zero attached hydrogens (tertiary/aromatic N) is 4. The number of likely N-dealkylation sites (N-methyl/N-ethyl adjacent to an activating group) is 1. The van der Waals surface area contributed by atoms with Gasteiger partial charge in [-0.2, -0.15) is 0 Å². The van der Waals surface area contributed by atoms with E-state index in [0.717, 1.165) is 73.3 Å². The van der Waals surface area contributed by atoms with Gasteiger partial charge in [-0.05, 0) is 160 Å². The zero-order valence-electron chi connectivity index (χ0n) is 36.2. The maximum absolute atomic E-state index is 5.66.